The third kappa shape index (κ3) is 3.61. The number of halogens is 2. The molecule has 0 aliphatic carbocycles. The number of hydrogen-bond donors (Lipinski definition) is 1. The zero-order valence-corrected chi connectivity index (χ0v) is 16.7. The number of methoxy groups -OCH3 is 1. The van der Waals surface area contributed by atoms with E-state index in [1.807, 2.05) is 24.3 Å². The number of carbonyl (C=O) groups excluding carboxylic acids is 1. The molecule has 0 atom stereocenters. The van der Waals surface area contributed by atoms with Crippen LogP contribution in [0.25, 0.3) is 10.8 Å². The number of benzene rings is 3. The average Bonchev–Trinajstić information content (AvgIpc) is 2.64. The highest BCUT2D eigenvalue weighted by atomic mass is 79.9. The van der Waals surface area contributed by atoms with Crippen LogP contribution in [0, 0.1) is 17.0 Å². The second-order valence-corrected chi connectivity index (χ2v) is 7.02. The van der Waals surface area contributed by atoms with Gasteiger partial charge in [0.25, 0.3) is 11.6 Å². The van der Waals surface area contributed by atoms with E-state index < -0.39 is 10.8 Å². The zero-order valence-electron chi connectivity index (χ0n) is 14.4. The molecular formula is C19H14BrClN2O4. The number of nitrogens with zero attached hydrogens (tertiary/aromatic N) is 1. The topological polar surface area (TPSA) is 81.5 Å². The molecule has 0 bridgehead atoms. The number of nitro groups is 1. The van der Waals surface area contributed by atoms with Gasteiger partial charge in [0.15, 0.2) is 0 Å². The lowest BCUT2D eigenvalue weighted by molar-refractivity contribution is -0.384. The number of aryl methyl sites for hydroxylation is 1. The first-order chi connectivity index (χ1) is 12.8. The molecule has 8 heteroatoms. The van der Waals surface area contributed by atoms with Crippen molar-refractivity contribution in [3.8, 4) is 5.75 Å². The molecule has 27 heavy (non-hydrogen) atoms. The maximum absolute atomic E-state index is 12.9. The minimum atomic E-state index is -0.565. The number of nitro benzene ring substituents is 1. The first-order valence-electron chi connectivity index (χ1n) is 7.84. The molecule has 0 spiro atoms. The van der Waals surface area contributed by atoms with Gasteiger partial charge in [-0.2, -0.15) is 0 Å². The van der Waals surface area contributed by atoms with Crippen molar-refractivity contribution in [3.63, 3.8) is 0 Å². The van der Waals surface area contributed by atoms with Crippen molar-refractivity contribution in [2.45, 2.75) is 6.92 Å². The Hall–Kier alpha value is -2.64. The van der Waals surface area contributed by atoms with Gasteiger partial charge in [-0.15, -0.1) is 0 Å². The summed E-state index contributed by atoms with van der Waals surface area (Å²) in [6, 6.07) is 12.0. The minimum absolute atomic E-state index is 0.0486. The summed E-state index contributed by atoms with van der Waals surface area (Å²) in [7, 11) is 1.49. The molecule has 0 unspecified atom stereocenters. The van der Waals surface area contributed by atoms with Gasteiger partial charge in [-0.3, -0.25) is 14.9 Å². The van der Waals surface area contributed by atoms with Gasteiger partial charge in [0, 0.05) is 11.8 Å². The fourth-order valence-electron chi connectivity index (χ4n) is 2.78. The van der Waals surface area contributed by atoms with Crippen molar-refractivity contribution in [1.82, 2.24) is 0 Å². The maximum Gasteiger partial charge on any atom is 0.288 e. The number of ether oxygens (including phenoxy) is 1. The van der Waals surface area contributed by atoms with Crippen LogP contribution in [0.3, 0.4) is 0 Å². The van der Waals surface area contributed by atoms with E-state index in [9.17, 15) is 14.9 Å². The van der Waals surface area contributed by atoms with E-state index in [-0.39, 0.29) is 10.7 Å². The largest absolute Gasteiger partial charge is 0.495 e. The molecule has 6 nitrogen and oxygen atoms in total. The summed E-state index contributed by atoms with van der Waals surface area (Å²) in [5.41, 5.74) is 1.04. The van der Waals surface area contributed by atoms with Crippen molar-refractivity contribution in [2.24, 2.45) is 0 Å². The lowest BCUT2D eigenvalue weighted by Crippen LogP contribution is -2.14. The van der Waals surface area contributed by atoms with Crippen LogP contribution < -0.4 is 10.1 Å². The number of hydrogen-bond acceptors (Lipinski definition) is 4. The Morgan fingerprint density at radius 1 is 1.26 bits per heavy atom. The summed E-state index contributed by atoms with van der Waals surface area (Å²) in [5, 5.41) is 15.5. The average molecular weight is 450 g/mol. The Morgan fingerprint density at radius 3 is 2.63 bits per heavy atom. The predicted octanol–water partition coefficient (Wildman–Crippen LogP) is 5.73. The summed E-state index contributed by atoms with van der Waals surface area (Å²) >= 11 is 9.46. The Morgan fingerprint density at radius 2 is 1.96 bits per heavy atom. The van der Waals surface area contributed by atoms with E-state index in [0.29, 0.717) is 27.0 Å². The summed E-state index contributed by atoms with van der Waals surface area (Å²) in [4.78, 5) is 23.3. The Balaban J connectivity index is 2.04. The van der Waals surface area contributed by atoms with Gasteiger partial charge in [0.05, 0.1) is 22.1 Å². The first-order valence-corrected chi connectivity index (χ1v) is 9.01. The molecule has 1 N–H and O–H groups in total. The van der Waals surface area contributed by atoms with Crippen LogP contribution in [-0.2, 0) is 0 Å². The maximum atomic E-state index is 12.9. The standard InChI is InChI=1S/C19H14BrClN2O4/c1-10-7-16(23(25)26)14(21)9-15(10)22-19(24)13-8-11-5-3-4-6-12(11)17(20)18(13)27-2/h3-9H,1-2H3,(H,22,24). The van der Waals surface area contributed by atoms with Gasteiger partial charge in [0.2, 0.25) is 0 Å². The molecule has 0 fully saturated rings. The number of carbonyl (C=O) groups is 1. The highest BCUT2D eigenvalue weighted by Crippen LogP contribution is 2.37. The van der Waals surface area contributed by atoms with Gasteiger partial charge in [-0.05, 0) is 51.3 Å². The summed E-state index contributed by atoms with van der Waals surface area (Å²) in [5.74, 6) is -0.0109. The lowest BCUT2D eigenvalue weighted by Gasteiger charge is -2.14. The molecule has 0 saturated carbocycles. The molecule has 0 radical (unpaired) electrons. The van der Waals surface area contributed by atoms with Crippen LogP contribution in [0.1, 0.15) is 15.9 Å². The smallest absolute Gasteiger partial charge is 0.288 e. The van der Waals surface area contributed by atoms with Gasteiger partial charge < -0.3 is 10.1 Å². The molecule has 0 aliphatic rings. The van der Waals surface area contributed by atoms with Crippen LogP contribution in [0.4, 0.5) is 11.4 Å². The number of nitrogens with one attached hydrogen (secondary N) is 1. The van der Waals surface area contributed by atoms with Crippen molar-refractivity contribution in [2.75, 3.05) is 12.4 Å². The van der Waals surface area contributed by atoms with E-state index in [0.717, 1.165) is 10.8 Å². The predicted molar refractivity (Wildman–Crippen MR) is 109 cm³/mol. The fourth-order valence-corrected chi connectivity index (χ4v) is 3.75. The number of amides is 1. The Bertz CT molecular complexity index is 1080. The van der Waals surface area contributed by atoms with E-state index in [1.54, 1.807) is 13.0 Å². The second-order valence-electron chi connectivity index (χ2n) is 5.82. The van der Waals surface area contributed by atoms with Gasteiger partial charge in [0.1, 0.15) is 10.8 Å². The summed E-state index contributed by atoms with van der Waals surface area (Å²) in [6.07, 6.45) is 0. The molecule has 138 valence electrons. The summed E-state index contributed by atoms with van der Waals surface area (Å²) < 4.78 is 6.10. The second kappa shape index (κ2) is 7.54. The first kappa shape index (κ1) is 19.1. The highest BCUT2D eigenvalue weighted by Gasteiger charge is 2.21. The van der Waals surface area contributed by atoms with Crippen LogP contribution in [-0.4, -0.2) is 17.9 Å². The van der Waals surface area contributed by atoms with Crippen molar-refractivity contribution in [3.05, 3.63) is 73.2 Å². The Kier molecular flexibility index (Phi) is 5.34. The number of fused-ring (bicyclic) bond motifs is 1. The van der Waals surface area contributed by atoms with Crippen molar-refractivity contribution in [1.29, 1.82) is 0 Å². The molecular weight excluding hydrogens is 436 g/mol. The third-order valence-corrected chi connectivity index (χ3v) is 5.22. The van der Waals surface area contributed by atoms with E-state index in [4.69, 9.17) is 16.3 Å². The Labute approximate surface area is 168 Å². The van der Waals surface area contributed by atoms with Crippen molar-refractivity contribution < 1.29 is 14.5 Å². The third-order valence-electron chi connectivity index (χ3n) is 4.13. The molecule has 3 rings (SSSR count). The van der Waals surface area contributed by atoms with Crippen LogP contribution >= 0.6 is 27.5 Å². The lowest BCUT2D eigenvalue weighted by atomic mass is 10.0. The van der Waals surface area contributed by atoms with Crippen LogP contribution in [0.5, 0.6) is 5.75 Å². The summed E-state index contributed by atoms with van der Waals surface area (Å²) in [6.45, 7) is 1.66. The number of rotatable bonds is 4. The van der Waals surface area contributed by atoms with Crippen molar-refractivity contribution >= 4 is 55.6 Å². The minimum Gasteiger partial charge on any atom is -0.495 e. The molecule has 0 aliphatic heterocycles. The van der Waals surface area contributed by atoms with Gasteiger partial charge in [-0.25, -0.2) is 0 Å². The molecule has 0 heterocycles. The normalized spacial score (nSPS) is 10.7. The number of anilines is 1. The van der Waals surface area contributed by atoms with Gasteiger partial charge in [-0.1, -0.05) is 35.9 Å². The molecule has 3 aromatic carbocycles. The fraction of sp³-hybridized carbons (Fsp3) is 0.105. The SMILES string of the molecule is COc1c(C(=O)Nc2cc(Cl)c([N+](=O)[O-])cc2C)cc2ccccc2c1Br. The molecule has 0 aromatic heterocycles. The van der Waals surface area contributed by atoms with E-state index >= 15 is 0 Å². The van der Waals surface area contributed by atoms with E-state index in [2.05, 4.69) is 21.2 Å². The molecule has 1 amide bonds. The van der Waals surface area contributed by atoms with Crippen LogP contribution in [0.15, 0.2) is 46.9 Å². The van der Waals surface area contributed by atoms with E-state index in [1.165, 1.54) is 19.2 Å². The van der Waals surface area contributed by atoms with Gasteiger partial charge >= 0.3 is 0 Å². The molecule has 0 saturated heterocycles. The van der Waals surface area contributed by atoms with Crippen LogP contribution in [0.2, 0.25) is 5.02 Å². The zero-order chi connectivity index (χ0) is 19.7. The quantitative estimate of drug-likeness (QED) is 0.407. The monoisotopic (exact) mass is 448 g/mol. The molecule has 3 aromatic rings. The highest BCUT2D eigenvalue weighted by molar-refractivity contribution is 9.10.